The summed E-state index contributed by atoms with van der Waals surface area (Å²) in [6, 6.07) is 29.0. The van der Waals surface area contributed by atoms with E-state index in [2.05, 4.69) is 33.9 Å². The van der Waals surface area contributed by atoms with Gasteiger partial charge in [0.2, 0.25) is 8.32 Å². The molecule has 7 nitrogen and oxygen atoms in total. The van der Waals surface area contributed by atoms with E-state index in [9.17, 15) is 4.79 Å². The minimum absolute atomic E-state index is 0.0313. The van der Waals surface area contributed by atoms with Crippen molar-refractivity contribution in [2.24, 2.45) is 0 Å². The predicted octanol–water partition coefficient (Wildman–Crippen LogP) is 7.05. The molecule has 0 aromatic heterocycles. The molecule has 2 saturated heterocycles. The largest absolute Gasteiger partial charge is 0.368 e. The van der Waals surface area contributed by atoms with Gasteiger partial charge in [-0.15, -0.1) is 0 Å². The van der Waals surface area contributed by atoms with Crippen molar-refractivity contribution < 1.29 is 33.2 Å². The van der Waals surface area contributed by atoms with Crippen molar-refractivity contribution in [3.05, 3.63) is 108 Å². The number of rotatable bonds is 10. The number of ether oxygens (including phenoxy) is 4. The van der Waals surface area contributed by atoms with Crippen LogP contribution >= 0.6 is 0 Å². The highest BCUT2D eigenvalue weighted by Gasteiger charge is 2.53. The van der Waals surface area contributed by atoms with Gasteiger partial charge < -0.3 is 18.9 Å². The number of Topliss-reactive ketones (excluding diaryl/α,β-unsaturated/α-hetero) is 1. The maximum absolute atomic E-state index is 13.4. The molecule has 2 heterocycles. The lowest BCUT2D eigenvalue weighted by Crippen LogP contribution is -2.64. The van der Waals surface area contributed by atoms with Crippen molar-refractivity contribution in [2.45, 2.75) is 88.7 Å². The van der Waals surface area contributed by atoms with Gasteiger partial charge in [-0.2, -0.15) is 0 Å². The van der Waals surface area contributed by atoms with Gasteiger partial charge in [0.1, 0.15) is 24.4 Å². The summed E-state index contributed by atoms with van der Waals surface area (Å²) < 4.78 is 32.2. The summed E-state index contributed by atoms with van der Waals surface area (Å²) >= 11 is 0. The van der Waals surface area contributed by atoms with E-state index in [0.29, 0.717) is 12.2 Å². The number of carbonyl (C=O) groups excluding carboxylic acids is 1. The molecule has 0 amide bonds. The Morgan fingerprint density at radius 3 is 2.12 bits per heavy atom. The van der Waals surface area contributed by atoms with Crippen LogP contribution in [0.25, 0.3) is 0 Å². The number of benzene rings is 3. The lowest BCUT2D eigenvalue weighted by atomic mass is 9.90. The van der Waals surface area contributed by atoms with Gasteiger partial charge in [0, 0.05) is 17.5 Å². The van der Waals surface area contributed by atoms with E-state index in [1.165, 1.54) is 0 Å². The standard InChI is InChI=1S/C34H42O7Si/c1-34(2,3)42(4,5)41-40-32-30(36-22-24-15-9-6-10-16-24)28(21-27(35)25-17-11-7-12-18-25)38-29-23-37-33(39-31(29)32)26-19-13-8-14-20-26/h6-20,28-33H,21-23H2,1-5H3/t28-,29+,30+,31+,32+,33?/m0/s1. The lowest BCUT2D eigenvalue weighted by Gasteiger charge is -2.49. The molecule has 3 aromatic carbocycles. The van der Waals surface area contributed by atoms with Crippen LogP contribution in [0.1, 0.15) is 55.0 Å². The summed E-state index contributed by atoms with van der Waals surface area (Å²) in [4.78, 5) is 19.8. The third kappa shape index (κ3) is 7.26. The van der Waals surface area contributed by atoms with Crippen LogP contribution in [0.2, 0.25) is 18.1 Å². The normalized spacial score (nSPS) is 26.4. The molecular formula is C34H42O7Si. The Morgan fingerprint density at radius 2 is 1.48 bits per heavy atom. The van der Waals surface area contributed by atoms with Crippen LogP contribution < -0.4 is 0 Å². The van der Waals surface area contributed by atoms with Crippen molar-refractivity contribution in [2.75, 3.05) is 6.61 Å². The minimum atomic E-state index is -2.32. The monoisotopic (exact) mass is 590 g/mol. The molecule has 0 spiro atoms. The first-order valence-electron chi connectivity index (χ1n) is 14.7. The van der Waals surface area contributed by atoms with E-state index in [-0.39, 0.29) is 23.8 Å². The van der Waals surface area contributed by atoms with Gasteiger partial charge in [-0.1, -0.05) is 112 Å². The van der Waals surface area contributed by atoms with E-state index in [4.69, 9.17) is 28.4 Å². The zero-order chi connectivity index (χ0) is 29.7. The molecule has 3 aromatic rings. The summed E-state index contributed by atoms with van der Waals surface area (Å²) in [6.45, 7) is 11.4. The first-order chi connectivity index (χ1) is 20.1. The van der Waals surface area contributed by atoms with Crippen molar-refractivity contribution >= 4 is 14.1 Å². The molecular weight excluding hydrogens is 548 g/mol. The number of hydrogen-bond donors (Lipinski definition) is 0. The fraction of sp³-hybridized carbons (Fsp3) is 0.441. The van der Waals surface area contributed by atoms with E-state index >= 15 is 0 Å². The summed E-state index contributed by atoms with van der Waals surface area (Å²) in [7, 11) is -2.32. The highest BCUT2D eigenvalue weighted by molar-refractivity contribution is 6.73. The minimum Gasteiger partial charge on any atom is -0.368 e. The quantitative estimate of drug-likeness (QED) is 0.108. The SMILES string of the molecule is CC(C)(C)[Si](C)(C)OO[C@@H]1[C@H](OCc2ccccc2)[C@H](CC(=O)c2ccccc2)O[C@@H]2COC(c3ccccc3)O[C@@H]12. The highest BCUT2D eigenvalue weighted by atomic mass is 28.4. The summed E-state index contributed by atoms with van der Waals surface area (Å²) in [5, 5.41) is -0.0796. The third-order valence-corrected chi connectivity index (χ3v) is 12.6. The molecule has 5 rings (SSSR count). The first-order valence-corrected chi connectivity index (χ1v) is 17.6. The molecule has 224 valence electrons. The smallest absolute Gasteiger partial charge is 0.238 e. The number of fused-ring (bicyclic) bond motifs is 1. The molecule has 2 fully saturated rings. The average Bonchev–Trinajstić information content (AvgIpc) is 2.99. The fourth-order valence-corrected chi connectivity index (χ4v) is 5.51. The predicted molar refractivity (Wildman–Crippen MR) is 162 cm³/mol. The number of ketones is 1. The average molecular weight is 591 g/mol. The Bertz CT molecular complexity index is 1280. The maximum atomic E-state index is 13.4. The van der Waals surface area contributed by atoms with Crippen molar-refractivity contribution in [1.82, 2.24) is 0 Å². The zero-order valence-electron chi connectivity index (χ0n) is 25.1. The molecule has 1 unspecified atom stereocenters. The third-order valence-electron chi connectivity index (χ3n) is 8.44. The molecule has 0 saturated carbocycles. The maximum Gasteiger partial charge on any atom is 0.238 e. The molecule has 2 aliphatic rings. The van der Waals surface area contributed by atoms with Gasteiger partial charge in [0.25, 0.3) is 0 Å². The summed E-state index contributed by atoms with van der Waals surface area (Å²) in [5.74, 6) is -0.0313. The molecule has 0 radical (unpaired) electrons. The van der Waals surface area contributed by atoms with Gasteiger partial charge in [-0.25, -0.2) is 4.89 Å². The highest BCUT2D eigenvalue weighted by Crippen LogP contribution is 2.41. The van der Waals surface area contributed by atoms with E-state index in [1.54, 1.807) is 0 Å². The second-order valence-corrected chi connectivity index (χ2v) is 17.2. The Labute approximate surface area is 250 Å². The van der Waals surface area contributed by atoms with Crippen LogP contribution in [0.15, 0.2) is 91.0 Å². The lowest BCUT2D eigenvalue weighted by molar-refractivity contribution is -0.385. The fourth-order valence-electron chi connectivity index (χ4n) is 4.91. The van der Waals surface area contributed by atoms with Crippen LogP contribution in [-0.2, 0) is 35.0 Å². The van der Waals surface area contributed by atoms with Crippen LogP contribution in [0.4, 0.5) is 0 Å². The first kappa shape index (κ1) is 30.8. The Kier molecular flexibility index (Phi) is 9.74. The number of carbonyl (C=O) groups is 1. The van der Waals surface area contributed by atoms with E-state index in [0.717, 1.165) is 11.1 Å². The van der Waals surface area contributed by atoms with Gasteiger partial charge in [-0.3, -0.25) is 9.37 Å². The van der Waals surface area contributed by atoms with Gasteiger partial charge in [-0.05, 0) is 23.7 Å². The zero-order valence-corrected chi connectivity index (χ0v) is 26.1. The topological polar surface area (TPSA) is 72.5 Å². The van der Waals surface area contributed by atoms with E-state index in [1.807, 2.05) is 91.0 Å². The van der Waals surface area contributed by atoms with Crippen LogP contribution in [0.5, 0.6) is 0 Å². The van der Waals surface area contributed by atoms with Gasteiger partial charge >= 0.3 is 0 Å². The molecule has 2 aliphatic heterocycles. The molecule has 0 bridgehead atoms. The molecule has 0 N–H and O–H groups in total. The summed E-state index contributed by atoms with van der Waals surface area (Å²) in [6.07, 6.45) is -3.39. The number of hydrogen-bond acceptors (Lipinski definition) is 7. The second-order valence-electron chi connectivity index (χ2n) is 12.5. The van der Waals surface area contributed by atoms with Crippen molar-refractivity contribution in [3.63, 3.8) is 0 Å². The second kappa shape index (κ2) is 13.3. The van der Waals surface area contributed by atoms with Crippen LogP contribution in [-0.4, -0.2) is 51.2 Å². The van der Waals surface area contributed by atoms with Crippen molar-refractivity contribution in [1.29, 1.82) is 0 Å². The Morgan fingerprint density at radius 1 is 0.857 bits per heavy atom. The molecule has 8 heteroatoms. The Hall–Kier alpha value is -2.69. The summed E-state index contributed by atoms with van der Waals surface area (Å²) in [5.41, 5.74) is 2.54. The van der Waals surface area contributed by atoms with Crippen molar-refractivity contribution in [3.8, 4) is 0 Å². The molecule has 0 aliphatic carbocycles. The Balaban J connectivity index is 1.46. The van der Waals surface area contributed by atoms with Gasteiger partial charge in [0.05, 0.1) is 19.3 Å². The molecule has 42 heavy (non-hydrogen) atoms. The van der Waals surface area contributed by atoms with Crippen LogP contribution in [0.3, 0.4) is 0 Å². The molecule has 6 atom stereocenters. The van der Waals surface area contributed by atoms with Gasteiger partial charge in [0.15, 0.2) is 12.1 Å². The van der Waals surface area contributed by atoms with Crippen LogP contribution in [0, 0.1) is 0 Å². The van der Waals surface area contributed by atoms with E-state index < -0.39 is 45.1 Å².